The van der Waals surface area contributed by atoms with Gasteiger partial charge in [-0.25, -0.2) is 14.1 Å². The van der Waals surface area contributed by atoms with Crippen molar-refractivity contribution in [2.24, 2.45) is 13.0 Å². The Hall–Kier alpha value is -2.19. The van der Waals surface area contributed by atoms with Gasteiger partial charge in [-0.2, -0.15) is 0 Å². The predicted molar refractivity (Wildman–Crippen MR) is 108 cm³/mol. The van der Waals surface area contributed by atoms with Crippen LogP contribution in [-0.4, -0.2) is 53.6 Å². The summed E-state index contributed by atoms with van der Waals surface area (Å²) in [5, 5.41) is 0. The van der Waals surface area contributed by atoms with Crippen LogP contribution in [0.5, 0.6) is 0 Å². The van der Waals surface area contributed by atoms with Gasteiger partial charge in [0.1, 0.15) is 25.0 Å². The minimum absolute atomic E-state index is 0.159. The van der Waals surface area contributed by atoms with E-state index in [2.05, 4.69) is 35.9 Å². The molecule has 0 fully saturated rings. The van der Waals surface area contributed by atoms with Crippen LogP contribution in [0.4, 0.5) is 0 Å². The fraction of sp³-hybridized carbons (Fsp3) is 0.667. The zero-order chi connectivity index (χ0) is 21.1. The summed E-state index contributed by atoms with van der Waals surface area (Å²) in [5.74, 6) is -0.369. The van der Waals surface area contributed by atoms with Crippen molar-refractivity contribution in [1.29, 1.82) is 0 Å². The Labute approximate surface area is 173 Å². The number of hydrogen-bond donors (Lipinski definition) is 0. The van der Waals surface area contributed by atoms with Crippen LogP contribution >= 0.6 is 0 Å². The normalized spacial score (nSPS) is 14.5. The Morgan fingerprint density at radius 2 is 1.93 bits per heavy atom. The van der Waals surface area contributed by atoms with E-state index in [4.69, 9.17) is 14.2 Å². The lowest BCUT2D eigenvalue weighted by Crippen LogP contribution is -2.27. The zero-order valence-corrected chi connectivity index (χ0v) is 18.1. The first-order valence-electron chi connectivity index (χ1n) is 10.3. The number of nitrogens with zero attached hydrogens (tertiary/aromatic N) is 4. The molecule has 2 rings (SSSR count). The van der Waals surface area contributed by atoms with E-state index in [0.29, 0.717) is 26.2 Å². The molecule has 29 heavy (non-hydrogen) atoms. The molecule has 0 spiro atoms. The summed E-state index contributed by atoms with van der Waals surface area (Å²) in [6.07, 6.45) is 14.0. The number of hydrogen-bond acceptors (Lipinski definition) is 5. The molecule has 2 heterocycles. The summed E-state index contributed by atoms with van der Waals surface area (Å²) in [6, 6.07) is 0.396. The largest absolute Gasteiger partial charge is 0.463 e. The molecule has 8 nitrogen and oxygen atoms in total. The number of aryl methyl sites for hydroxylation is 1. The summed E-state index contributed by atoms with van der Waals surface area (Å²) in [7, 11) is 3.63. The van der Waals surface area contributed by atoms with Gasteiger partial charge in [0.25, 0.3) is 0 Å². The van der Waals surface area contributed by atoms with E-state index in [1.807, 2.05) is 28.6 Å². The van der Waals surface area contributed by atoms with Gasteiger partial charge in [-0.1, -0.05) is 6.92 Å². The predicted octanol–water partition coefficient (Wildman–Crippen LogP) is 2.32. The number of ether oxygens (including phenoxy) is 3. The molecule has 3 atom stereocenters. The maximum absolute atomic E-state index is 12.9. The molecular formula is C21H35N4O4+. The molecule has 8 heteroatoms. The van der Waals surface area contributed by atoms with E-state index in [1.165, 1.54) is 0 Å². The number of rotatable bonds is 14. The summed E-state index contributed by atoms with van der Waals surface area (Å²) >= 11 is 0. The standard InChI is InChI=1S/C21H35N4O4/c1-5-20(25-9-8-23(3)17-25)15-19(14-18(2)24-7-6-22-16-24)21(26)29-13-12-28-11-10-27-4/h6-9,16-20H,5,10-15H2,1-4H3/q+1. The van der Waals surface area contributed by atoms with Crippen LogP contribution < -0.4 is 4.57 Å². The third-order valence-corrected chi connectivity index (χ3v) is 5.14. The number of esters is 1. The fourth-order valence-electron chi connectivity index (χ4n) is 3.43. The van der Waals surface area contributed by atoms with Crippen molar-refractivity contribution in [3.63, 3.8) is 0 Å². The van der Waals surface area contributed by atoms with Crippen LogP contribution in [-0.2, 0) is 26.1 Å². The fourth-order valence-corrected chi connectivity index (χ4v) is 3.43. The summed E-state index contributed by atoms with van der Waals surface area (Å²) in [6.45, 7) is 5.92. The van der Waals surface area contributed by atoms with Crippen molar-refractivity contribution < 1.29 is 23.6 Å². The number of carbonyl (C=O) groups is 1. The van der Waals surface area contributed by atoms with Crippen molar-refractivity contribution in [2.45, 2.75) is 45.2 Å². The van der Waals surface area contributed by atoms with Crippen LogP contribution in [0.1, 0.15) is 45.2 Å². The summed E-state index contributed by atoms with van der Waals surface area (Å²) in [5.41, 5.74) is 0. The smallest absolute Gasteiger partial charge is 0.309 e. The van der Waals surface area contributed by atoms with Crippen LogP contribution in [0.2, 0.25) is 0 Å². The maximum Gasteiger partial charge on any atom is 0.309 e. The second kappa shape index (κ2) is 12.4. The highest BCUT2D eigenvalue weighted by atomic mass is 16.6. The molecular weight excluding hydrogens is 372 g/mol. The average molecular weight is 408 g/mol. The molecule has 0 saturated heterocycles. The minimum Gasteiger partial charge on any atom is -0.463 e. The molecule has 0 bridgehead atoms. The molecule has 3 unspecified atom stereocenters. The highest BCUT2D eigenvalue weighted by Gasteiger charge is 2.29. The van der Waals surface area contributed by atoms with E-state index in [9.17, 15) is 4.79 Å². The Bertz CT molecular complexity index is 701. The third kappa shape index (κ3) is 7.62. The SMILES string of the molecule is CCC(CC(CC(C)n1ccnc1)C(=O)OCCOCCOC)n1cc[n+](C)c1. The lowest BCUT2D eigenvalue weighted by molar-refractivity contribution is -0.671. The highest BCUT2D eigenvalue weighted by molar-refractivity contribution is 5.72. The summed E-state index contributed by atoms with van der Waals surface area (Å²) in [4.78, 5) is 17.0. The van der Waals surface area contributed by atoms with Crippen molar-refractivity contribution in [3.8, 4) is 0 Å². The van der Waals surface area contributed by atoms with Crippen LogP contribution in [0, 0.1) is 5.92 Å². The van der Waals surface area contributed by atoms with E-state index in [1.54, 1.807) is 19.6 Å². The van der Waals surface area contributed by atoms with Gasteiger partial charge in [0.05, 0.1) is 39.1 Å². The van der Waals surface area contributed by atoms with Crippen molar-refractivity contribution in [3.05, 3.63) is 37.4 Å². The van der Waals surface area contributed by atoms with Crippen molar-refractivity contribution in [1.82, 2.24) is 14.1 Å². The Morgan fingerprint density at radius 3 is 2.55 bits per heavy atom. The monoisotopic (exact) mass is 407 g/mol. The minimum atomic E-state index is -0.205. The molecule has 2 aromatic rings. The quantitative estimate of drug-likeness (QED) is 0.273. The van der Waals surface area contributed by atoms with Gasteiger partial charge in [-0.05, 0) is 19.8 Å². The number of imidazole rings is 2. The van der Waals surface area contributed by atoms with Gasteiger partial charge in [0.2, 0.25) is 6.33 Å². The van der Waals surface area contributed by atoms with Gasteiger partial charge in [0.15, 0.2) is 0 Å². The third-order valence-electron chi connectivity index (χ3n) is 5.14. The molecule has 162 valence electrons. The lowest BCUT2D eigenvalue weighted by atomic mass is 9.92. The number of carbonyl (C=O) groups excluding carboxylic acids is 1. The molecule has 0 saturated carbocycles. The topological polar surface area (TPSA) is 71.4 Å². The number of methoxy groups -OCH3 is 1. The molecule has 0 aliphatic carbocycles. The van der Waals surface area contributed by atoms with E-state index >= 15 is 0 Å². The zero-order valence-electron chi connectivity index (χ0n) is 18.1. The van der Waals surface area contributed by atoms with Gasteiger partial charge in [-0.3, -0.25) is 4.79 Å². The first kappa shape index (κ1) is 23.1. The van der Waals surface area contributed by atoms with Gasteiger partial charge in [0, 0.05) is 32.0 Å². The van der Waals surface area contributed by atoms with E-state index in [0.717, 1.165) is 12.8 Å². The Morgan fingerprint density at radius 1 is 1.14 bits per heavy atom. The molecule has 0 radical (unpaired) electrons. The highest BCUT2D eigenvalue weighted by Crippen LogP contribution is 2.28. The summed E-state index contributed by atoms with van der Waals surface area (Å²) < 4.78 is 22.1. The van der Waals surface area contributed by atoms with E-state index < -0.39 is 0 Å². The van der Waals surface area contributed by atoms with Gasteiger partial charge < -0.3 is 18.8 Å². The Balaban J connectivity index is 1.98. The van der Waals surface area contributed by atoms with Crippen molar-refractivity contribution >= 4 is 5.97 Å². The van der Waals surface area contributed by atoms with Crippen molar-refractivity contribution in [2.75, 3.05) is 33.5 Å². The molecule has 0 aliphatic rings. The van der Waals surface area contributed by atoms with Crippen LogP contribution in [0.25, 0.3) is 0 Å². The second-order valence-corrected chi connectivity index (χ2v) is 7.39. The molecule has 2 aromatic heterocycles. The second-order valence-electron chi connectivity index (χ2n) is 7.39. The van der Waals surface area contributed by atoms with Crippen LogP contribution in [0.3, 0.4) is 0 Å². The first-order chi connectivity index (χ1) is 14.0. The molecule has 0 aliphatic heterocycles. The Kier molecular flexibility index (Phi) is 9.87. The van der Waals surface area contributed by atoms with Crippen LogP contribution in [0.15, 0.2) is 37.4 Å². The molecule has 0 aromatic carbocycles. The molecule has 0 N–H and O–H groups in total. The van der Waals surface area contributed by atoms with E-state index in [-0.39, 0.29) is 30.6 Å². The molecule has 0 amide bonds. The lowest BCUT2D eigenvalue weighted by Gasteiger charge is -2.23. The number of aromatic nitrogens is 4. The average Bonchev–Trinajstić information content (AvgIpc) is 3.39. The van der Waals surface area contributed by atoms with Gasteiger partial charge in [-0.15, -0.1) is 0 Å². The maximum atomic E-state index is 12.9. The van der Waals surface area contributed by atoms with Gasteiger partial charge >= 0.3 is 5.97 Å². The first-order valence-corrected chi connectivity index (χ1v) is 10.3.